The van der Waals surface area contributed by atoms with E-state index in [2.05, 4.69) is 16.2 Å². The van der Waals surface area contributed by atoms with E-state index in [0.717, 1.165) is 46.5 Å². The minimum atomic E-state index is -0.261. The first kappa shape index (κ1) is 25.1. The number of thioether (sulfide) groups is 1. The Morgan fingerprint density at radius 3 is 2.41 bits per heavy atom. The molecule has 5 nitrogen and oxygen atoms in total. The van der Waals surface area contributed by atoms with Gasteiger partial charge >= 0.3 is 6.09 Å². The van der Waals surface area contributed by atoms with Crippen LogP contribution in [-0.2, 0) is 17.1 Å². The Kier molecular flexibility index (Phi) is 7.90. The number of nitrogens with one attached hydrogen (secondary N) is 1. The molecule has 0 saturated carbocycles. The van der Waals surface area contributed by atoms with E-state index in [1.807, 2.05) is 54.6 Å². The van der Waals surface area contributed by atoms with Crippen molar-refractivity contribution in [3.8, 4) is 22.4 Å². The molecule has 0 unspecified atom stereocenters. The lowest BCUT2D eigenvalue weighted by atomic mass is 9.89. The average molecular weight is 516 g/mol. The minimum absolute atomic E-state index is 0.253. The number of nitrogens with zero attached hydrogens (tertiary/aromatic N) is 2. The van der Waals surface area contributed by atoms with Gasteiger partial charge in [-0.15, -0.1) is 0 Å². The first-order valence-corrected chi connectivity index (χ1v) is 13.9. The Bertz CT molecular complexity index is 1320. The number of rotatable bonds is 7. The zero-order valence-electron chi connectivity index (χ0n) is 20.8. The minimum Gasteiger partial charge on any atom is -0.445 e. The molecule has 0 atom stereocenters. The van der Waals surface area contributed by atoms with E-state index < -0.39 is 0 Å². The summed E-state index contributed by atoms with van der Waals surface area (Å²) in [5, 5.41) is 0. The molecular formula is C30H30FN3O2S. The lowest BCUT2D eigenvalue weighted by molar-refractivity contribution is 0.0868. The molecule has 3 heterocycles. The van der Waals surface area contributed by atoms with Crippen LogP contribution in [-0.4, -0.2) is 40.3 Å². The fourth-order valence-corrected chi connectivity index (χ4v) is 5.62. The number of H-pyrrole nitrogens is 1. The number of ether oxygens (including phenoxy) is 1. The summed E-state index contributed by atoms with van der Waals surface area (Å²) in [4.78, 5) is 22.4. The molecule has 0 aliphatic carbocycles. The number of benzene rings is 2. The lowest BCUT2D eigenvalue weighted by Gasteiger charge is -2.31. The summed E-state index contributed by atoms with van der Waals surface area (Å²) in [6, 6.07) is 20.4. The van der Waals surface area contributed by atoms with Crippen molar-refractivity contribution in [1.29, 1.82) is 0 Å². The number of halogens is 1. The van der Waals surface area contributed by atoms with Gasteiger partial charge in [0.15, 0.2) is 0 Å². The summed E-state index contributed by atoms with van der Waals surface area (Å²) in [5.74, 6) is 0.885. The predicted molar refractivity (Wildman–Crippen MR) is 147 cm³/mol. The highest BCUT2D eigenvalue weighted by atomic mass is 32.2. The number of aromatic nitrogens is 2. The molecule has 37 heavy (non-hydrogen) atoms. The monoisotopic (exact) mass is 515 g/mol. The Balaban J connectivity index is 1.39. The molecule has 1 aliphatic rings. The molecule has 1 amide bonds. The lowest BCUT2D eigenvalue weighted by Crippen LogP contribution is -2.38. The fraction of sp³-hybridized carbons (Fsp3) is 0.267. The van der Waals surface area contributed by atoms with E-state index in [0.29, 0.717) is 13.1 Å². The third-order valence-corrected chi connectivity index (χ3v) is 7.47. The second-order valence-electron chi connectivity index (χ2n) is 9.24. The van der Waals surface area contributed by atoms with Crippen LogP contribution in [0.25, 0.3) is 22.4 Å². The molecule has 0 bridgehead atoms. The van der Waals surface area contributed by atoms with E-state index in [9.17, 15) is 9.18 Å². The van der Waals surface area contributed by atoms with Crippen LogP contribution in [0.15, 0.2) is 79.1 Å². The van der Waals surface area contributed by atoms with Gasteiger partial charge in [0, 0.05) is 48.4 Å². The molecule has 0 spiro atoms. The quantitative estimate of drug-likeness (QED) is 0.281. The Morgan fingerprint density at radius 2 is 1.73 bits per heavy atom. The third kappa shape index (κ3) is 5.72. The smallest absolute Gasteiger partial charge is 0.410 e. The number of likely N-dealkylation sites (tertiary alicyclic amines) is 1. The maximum absolute atomic E-state index is 13.7. The highest BCUT2D eigenvalue weighted by Crippen LogP contribution is 2.42. The van der Waals surface area contributed by atoms with E-state index in [-0.39, 0.29) is 24.4 Å². The molecular weight excluding hydrogens is 485 g/mol. The van der Waals surface area contributed by atoms with Crippen molar-refractivity contribution in [2.24, 2.45) is 0 Å². The Hall–Kier alpha value is -3.58. The largest absolute Gasteiger partial charge is 0.445 e. The topological polar surface area (TPSA) is 58.2 Å². The average Bonchev–Trinajstić information content (AvgIpc) is 3.32. The highest BCUT2D eigenvalue weighted by molar-refractivity contribution is 7.97. The molecule has 2 aromatic carbocycles. The van der Waals surface area contributed by atoms with Crippen molar-refractivity contribution in [3.63, 3.8) is 0 Å². The summed E-state index contributed by atoms with van der Waals surface area (Å²) in [6.45, 7) is 1.57. The van der Waals surface area contributed by atoms with Crippen LogP contribution in [0, 0.1) is 5.82 Å². The third-order valence-electron chi connectivity index (χ3n) is 6.89. The van der Waals surface area contributed by atoms with Crippen LogP contribution in [0.3, 0.4) is 0 Å². The van der Waals surface area contributed by atoms with Gasteiger partial charge in [-0.25, -0.2) is 9.18 Å². The number of carbonyl (C=O) groups is 1. The maximum atomic E-state index is 13.7. The van der Waals surface area contributed by atoms with Gasteiger partial charge in [0.25, 0.3) is 0 Å². The summed E-state index contributed by atoms with van der Waals surface area (Å²) in [5.41, 5.74) is 7.63. The Morgan fingerprint density at radius 1 is 1.03 bits per heavy atom. The molecule has 7 heteroatoms. The van der Waals surface area contributed by atoms with Gasteiger partial charge in [-0.05, 0) is 77.7 Å². The first-order chi connectivity index (χ1) is 18.1. The van der Waals surface area contributed by atoms with Crippen molar-refractivity contribution in [3.05, 3.63) is 102 Å². The summed E-state index contributed by atoms with van der Waals surface area (Å²) in [7, 11) is 0. The summed E-state index contributed by atoms with van der Waals surface area (Å²) in [6.07, 6.45) is 7.15. The van der Waals surface area contributed by atoms with Crippen LogP contribution >= 0.6 is 11.8 Å². The van der Waals surface area contributed by atoms with Gasteiger partial charge < -0.3 is 14.6 Å². The second kappa shape index (κ2) is 11.6. The molecule has 2 aromatic heterocycles. The van der Waals surface area contributed by atoms with Gasteiger partial charge in [0.05, 0.1) is 5.69 Å². The number of hydrogen-bond acceptors (Lipinski definition) is 4. The van der Waals surface area contributed by atoms with Gasteiger partial charge in [0.2, 0.25) is 0 Å². The molecule has 4 aromatic rings. The van der Waals surface area contributed by atoms with Gasteiger partial charge in [0.1, 0.15) is 12.4 Å². The van der Waals surface area contributed by atoms with Crippen LogP contribution in [0.5, 0.6) is 0 Å². The molecule has 1 fully saturated rings. The number of hydrogen-bond donors (Lipinski definition) is 1. The maximum Gasteiger partial charge on any atom is 0.410 e. The Labute approximate surface area is 221 Å². The molecule has 1 N–H and O–H groups in total. The standard InChI is InChI=1S/C30H30FN3O2S/c1-37-20-26-27(22-11-15-32-16-12-22)29(23-7-9-25(31)10-8-23)33-28(26)24-13-17-34(18-14-24)30(35)36-19-21-5-3-2-4-6-21/h2-12,15-16,24,33H,13-14,17-20H2,1H3. The fourth-order valence-electron chi connectivity index (χ4n) is 5.03. The van der Waals surface area contributed by atoms with E-state index in [4.69, 9.17) is 4.74 Å². The highest BCUT2D eigenvalue weighted by Gasteiger charge is 2.30. The van der Waals surface area contributed by atoms with Crippen molar-refractivity contribution >= 4 is 17.9 Å². The van der Waals surface area contributed by atoms with Crippen molar-refractivity contribution in [1.82, 2.24) is 14.9 Å². The van der Waals surface area contributed by atoms with Gasteiger partial charge in [-0.3, -0.25) is 4.98 Å². The number of piperidine rings is 1. The number of pyridine rings is 1. The summed E-state index contributed by atoms with van der Waals surface area (Å²) < 4.78 is 19.3. The summed E-state index contributed by atoms with van der Waals surface area (Å²) >= 11 is 1.78. The van der Waals surface area contributed by atoms with Crippen LogP contribution in [0.1, 0.15) is 35.6 Å². The SMILES string of the molecule is CSCc1c(C2CCN(C(=O)OCc3ccccc3)CC2)[nH]c(-c2ccc(F)cc2)c1-c1ccncc1. The van der Waals surface area contributed by atoms with Gasteiger partial charge in [-0.1, -0.05) is 30.3 Å². The van der Waals surface area contributed by atoms with Crippen molar-refractivity contribution < 1.29 is 13.9 Å². The molecule has 1 saturated heterocycles. The number of aromatic amines is 1. The first-order valence-electron chi connectivity index (χ1n) is 12.5. The molecule has 1 aliphatic heterocycles. The zero-order valence-corrected chi connectivity index (χ0v) is 21.6. The van der Waals surface area contributed by atoms with Crippen molar-refractivity contribution in [2.75, 3.05) is 19.3 Å². The predicted octanol–water partition coefficient (Wildman–Crippen LogP) is 7.26. The van der Waals surface area contributed by atoms with Crippen LogP contribution in [0.4, 0.5) is 9.18 Å². The van der Waals surface area contributed by atoms with E-state index in [1.165, 1.54) is 23.4 Å². The van der Waals surface area contributed by atoms with Crippen LogP contribution < -0.4 is 0 Å². The molecule has 190 valence electrons. The zero-order chi connectivity index (χ0) is 25.6. The number of carbonyl (C=O) groups excluding carboxylic acids is 1. The molecule has 5 rings (SSSR count). The van der Waals surface area contributed by atoms with Gasteiger partial charge in [-0.2, -0.15) is 11.8 Å². The normalized spacial score (nSPS) is 14.1. The van der Waals surface area contributed by atoms with E-state index in [1.54, 1.807) is 29.1 Å². The van der Waals surface area contributed by atoms with E-state index >= 15 is 0 Å². The van der Waals surface area contributed by atoms with Crippen LogP contribution in [0.2, 0.25) is 0 Å². The van der Waals surface area contributed by atoms with Crippen molar-refractivity contribution in [2.45, 2.75) is 31.1 Å². The second-order valence-corrected chi connectivity index (χ2v) is 10.1. The molecule has 0 radical (unpaired) electrons. The number of amides is 1.